The largest absolute Gasteiger partial charge is 0.322 e. The number of nitrogens with zero attached hydrogens (tertiary/aromatic N) is 1. The topological polar surface area (TPSA) is 17.0 Å². The third-order valence-electron chi connectivity index (χ3n) is 5.71. The van der Waals surface area contributed by atoms with Gasteiger partial charge in [-0.25, -0.2) is 0 Å². The lowest BCUT2D eigenvalue weighted by Gasteiger charge is -2.17. The normalized spacial score (nSPS) is 10.2. The molecule has 1 heterocycles. The average Bonchev–Trinajstić information content (AvgIpc) is 3.29. The minimum atomic E-state index is 0.727. The van der Waals surface area contributed by atoms with Crippen LogP contribution in [0, 0.1) is 13.8 Å². The molecule has 5 aromatic rings. The zero-order chi connectivity index (χ0) is 23.8. The standard InChI is InChI=1S/C27H23N2.C2H6.C2H4/c1-19-9-8-16-29(19)28-18-23-12-7-15-24(20(23)2)27-25-13-5-3-10-21(25)17-22-11-4-6-14-26(22)27;2*1-2/h3-17,28H,2,18H2,1H3;1-2H3;1-2H2. The molecule has 2 heteroatoms. The third kappa shape index (κ3) is 4.85. The first-order valence-corrected chi connectivity index (χ1v) is 11.4. The van der Waals surface area contributed by atoms with Crippen molar-refractivity contribution in [2.24, 2.45) is 0 Å². The van der Waals surface area contributed by atoms with Gasteiger partial charge in [0.15, 0.2) is 0 Å². The van der Waals surface area contributed by atoms with Crippen molar-refractivity contribution in [1.82, 2.24) is 4.68 Å². The zero-order valence-electron chi connectivity index (χ0n) is 19.9. The molecular weight excluding hydrogens is 400 g/mol. The van der Waals surface area contributed by atoms with E-state index in [2.05, 4.69) is 116 Å². The molecule has 4 aromatic carbocycles. The van der Waals surface area contributed by atoms with Crippen LogP contribution in [0.1, 0.15) is 30.7 Å². The van der Waals surface area contributed by atoms with E-state index in [1.807, 2.05) is 26.1 Å². The van der Waals surface area contributed by atoms with Crippen LogP contribution in [0.15, 0.2) is 104 Å². The molecule has 0 bridgehead atoms. The van der Waals surface area contributed by atoms with Crippen LogP contribution < -0.4 is 5.43 Å². The second-order valence-electron chi connectivity index (χ2n) is 7.49. The van der Waals surface area contributed by atoms with Crippen molar-refractivity contribution in [3.63, 3.8) is 0 Å². The van der Waals surface area contributed by atoms with Crippen molar-refractivity contribution in [2.75, 3.05) is 5.43 Å². The molecule has 33 heavy (non-hydrogen) atoms. The molecule has 5 rings (SSSR count). The van der Waals surface area contributed by atoms with E-state index in [4.69, 9.17) is 0 Å². The second-order valence-corrected chi connectivity index (χ2v) is 7.49. The van der Waals surface area contributed by atoms with E-state index < -0.39 is 0 Å². The van der Waals surface area contributed by atoms with Crippen molar-refractivity contribution in [2.45, 2.75) is 27.3 Å². The van der Waals surface area contributed by atoms with Crippen LogP contribution in [0.4, 0.5) is 0 Å². The maximum absolute atomic E-state index is 4.48. The molecular formula is C31H33N2. The maximum atomic E-state index is 4.48. The smallest absolute Gasteiger partial charge is 0.0567 e. The number of rotatable bonds is 4. The fraction of sp³-hybridized carbons (Fsp3) is 0.129. The highest BCUT2D eigenvalue weighted by Gasteiger charge is 2.13. The van der Waals surface area contributed by atoms with Crippen LogP contribution in [0.2, 0.25) is 0 Å². The maximum Gasteiger partial charge on any atom is 0.0567 e. The Morgan fingerprint density at radius 3 is 1.94 bits per heavy atom. The molecule has 167 valence electrons. The van der Waals surface area contributed by atoms with Gasteiger partial charge in [-0.15, -0.1) is 13.2 Å². The summed E-state index contributed by atoms with van der Waals surface area (Å²) in [5.41, 5.74) is 9.41. The van der Waals surface area contributed by atoms with Crippen LogP contribution >= 0.6 is 0 Å². The molecule has 0 atom stereocenters. The van der Waals surface area contributed by atoms with E-state index in [1.165, 1.54) is 43.9 Å². The summed E-state index contributed by atoms with van der Waals surface area (Å²) in [4.78, 5) is 0. The van der Waals surface area contributed by atoms with E-state index in [-0.39, 0.29) is 0 Å². The molecule has 0 saturated heterocycles. The lowest BCUT2D eigenvalue weighted by atomic mass is 9.88. The molecule has 0 aliphatic rings. The summed E-state index contributed by atoms with van der Waals surface area (Å²) >= 11 is 0. The monoisotopic (exact) mass is 433 g/mol. The predicted octanol–water partition coefficient (Wildman–Crippen LogP) is 8.52. The van der Waals surface area contributed by atoms with Gasteiger partial charge < -0.3 is 5.43 Å². The Kier molecular flexibility index (Phi) is 8.10. The van der Waals surface area contributed by atoms with Crippen molar-refractivity contribution in [3.05, 3.63) is 128 Å². The fourth-order valence-corrected chi connectivity index (χ4v) is 4.15. The van der Waals surface area contributed by atoms with Gasteiger partial charge in [-0.1, -0.05) is 80.6 Å². The Hall–Kier alpha value is -3.78. The molecule has 0 amide bonds. The minimum absolute atomic E-state index is 0.727. The van der Waals surface area contributed by atoms with Crippen LogP contribution in [-0.4, -0.2) is 4.68 Å². The van der Waals surface area contributed by atoms with Gasteiger partial charge in [-0.2, -0.15) is 0 Å². The van der Waals surface area contributed by atoms with E-state index in [0.29, 0.717) is 0 Å². The van der Waals surface area contributed by atoms with Gasteiger partial charge in [-0.05, 0) is 75.8 Å². The first-order valence-electron chi connectivity index (χ1n) is 11.4. The SMILES string of the molecule is C=C.CC.[CH2]c1c(CNn2cccc2C)cccc1-c1c2ccccc2cc2ccccc12. The number of nitrogens with one attached hydrogen (secondary N) is 1. The number of aryl methyl sites for hydroxylation is 1. The predicted molar refractivity (Wildman–Crippen MR) is 146 cm³/mol. The number of hydrogen-bond donors (Lipinski definition) is 1. The first kappa shape index (κ1) is 23.9. The van der Waals surface area contributed by atoms with E-state index >= 15 is 0 Å². The second kappa shape index (κ2) is 11.2. The highest BCUT2D eigenvalue weighted by molar-refractivity contribution is 6.13. The van der Waals surface area contributed by atoms with Crippen LogP contribution in [0.5, 0.6) is 0 Å². The van der Waals surface area contributed by atoms with Crippen molar-refractivity contribution in [1.29, 1.82) is 0 Å². The lowest BCUT2D eigenvalue weighted by Crippen LogP contribution is -2.15. The number of hydrogen-bond acceptors (Lipinski definition) is 1. The van der Waals surface area contributed by atoms with E-state index in [0.717, 1.165) is 12.1 Å². The zero-order valence-corrected chi connectivity index (χ0v) is 19.9. The summed E-state index contributed by atoms with van der Waals surface area (Å²) in [7, 11) is 0. The third-order valence-corrected chi connectivity index (χ3v) is 5.71. The molecule has 1 aromatic heterocycles. The fourth-order valence-electron chi connectivity index (χ4n) is 4.15. The van der Waals surface area contributed by atoms with Gasteiger partial charge in [0.1, 0.15) is 0 Å². The lowest BCUT2D eigenvalue weighted by molar-refractivity contribution is 0.817. The van der Waals surface area contributed by atoms with Crippen LogP contribution in [0.3, 0.4) is 0 Å². The van der Waals surface area contributed by atoms with Gasteiger partial charge >= 0.3 is 0 Å². The van der Waals surface area contributed by atoms with E-state index in [1.54, 1.807) is 0 Å². The highest BCUT2D eigenvalue weighted by Crippen LogP contribution is 2.38. The van der Waals surface area contributed by atoms with Crippen molar-refractivity contribution < 1.29 is 0 Å². The average molecular weight is 434 g/mol. The van der Waals surface area contributed by atoms with Gasteiger partial charge in [-0.3, -0.25) is 4.68 Å². The Balaban J connectivity index is 0.000000728. The van der Waals surface area contributed by atoms with Gasteiger partial charge in [0.2, 0.25) is 0 Å². The summed E-state index contributed by atoms with van der Waals surface area (Å²) < 4.78 is 2.05. The summed E-state index contributed by atoms with van der Waals surface area (Å²) in [5.74, 6) is 0. The Morgan fingerprint density at radius 1 is 0.758 bits per heavy atom. The molecule has 0 unspecified atom stereocenters. The van der Waals surface area contributed by atoms with Crippen LogP contribution in [0.25, 0.3) is 32.7 Å². The molecule has 0 aliphatic heterocycles. The molecule has 0 aliphatic carbocycles. The first-order chi connectivity index (χ1) is 16.2. The van der Waals surface area contributed by atoms with Gasteiger partial charge in [0.25, 0.3) is 0 Å². The Labute approximate surface area is 198 Å². The van der Waals surface area contributed by atoms with Gasteiger partial charge in [0.05, 0.1) is 6.54 Å². The summed E-state index contributed by atoms with van der Waals surface area (Å²) in [6, 6.07) is 30.1. The highest BCUT2D eigenvalue weighted by atomic mass is 15.4. The summed E-state index contributed by atoms with van der Waals surface area (Å²) in [6.45, 7) is 17.3. The molecule has 1 N–H and O–H groups in total. The molecule has 0 fully saturated rings. The number of benzene rings is 4. The quantitative estimate of drug-likeness (QED) is 0.222. The molecule has 2 nitrogen and oxygen atoms in total. The minimum Gasteiger partial charge on any atom is -0.322 e. The molecule has 0 saturated carbocycles. The Morgan fingerprint density at radius 2 is 1.36 bits per heavy atom. The van der Waals surface area contributed by atoms with Crippen molar-refractivity contribution >= 4 is 21.5 Å². The summed E-state index contributed by atoms with van der Waals surface area (Å²) in [6.07, 6.45) is 2.04. The molecule has 0 spiro atoms. The number of aromatic nitrogens is 1. The van der Waals surface area contributed by atoms with Crippen molar-refractivity contribution in [3.8, 4) is 11.1 Å². The van der Waals surface area contributed by atoms with Gasteiger partial charge in [0, 0.05) is 11.9 Å². The van der Waals surface area contributed by atoms with Crippen LogP contribution in [-0.2, 0) is 6.54 Å². The summed E-state index contributed by atoms with van der Waals surface area (Å²) in [5, 5.41) is 5.05. The van der Waals surface area contributed by atoms with E-state index in [9.17, 15) is 0 Å². The number of fused-ring (bicyclic) bond motifs is 2. The molecule has 1 radical (unpaired) electrons. The Bertz CT molecular complexity index is 1290.